The smallest absolute Gasteiger partial charge is 0.0934 e. The summed E-state index contributed by atoms with van der Waals surface area (Å²) in [7, 11) is 0. The highest BCUT2D eigenvalue weighted by Gasteiger charge is 2.26. The van der Waals surface area contributed by atoms with Crippen LogP contribution < -0.4 is 5.48 Å². The van der Waals surface area contributed by atoms with Crippen molar-refractivity contribution >= 4 is 22.9 Å². The van der Waals surface area contributed by atoms with Crippen molar-refractivity contribution in [3.8, 4) is 0 Å². The molecule has 1 heterocycles. The molecule has 1 N–H and O–H groups in total. The Hall–Kier alpha value is -0.0900. The molecule has 1 atom stereocenters. The first kappa shape index (κ1) is 11.0. The topological polar surface area (TPSA) is 21.3 Å². The molecule has 1 aromatic heterocycles. The average Bonchev–Trinajstić information content (AvgIpc) is 2.91. The van der Waals surface area contributed by atoms with Gasteiger partial charge in [-0.25, -0.2) is 0 Å². The summed E-state index contributed by atoms with van der Waals surface area (Å²) < 4.78 is 0.900. The van der Waals surface area contributed by atoms with Crippen LogP contribution in [-0.4, -0.2) is 6.10 Å². The molecule has 2 nitrogen and oxygen atoms in total. The zero-order valence-electron chi connectivity index (χ0n) is 9.17. The number of hydrogen-bond acceptors (Lipinski definition) is 3. The largest absolute Gasteiger partial charge is 0.298 e. The predicted molar refractivity (Wildman–Crippen MR) is 66.9 cm³/mol. The molecule has 0 radical (unpaired) electrons. The van der Waals surface area contributed by atoms with Gasteiger partial charge in [-0.1, -0.05) is 24.4 Å². The summed E-state index contributed by atoms with van der Waals surface area (Å²) in [6, 6.07) is 2.45. The maximum atomic E-state index is 6.02. The van der Waals surface area contributed by atoms with Crippen molar-refractivity contribution in [1.29, 1.82) is 0 Å². The first-order valence-electron chi connectivity index (χ1n) is 6.02. The molecule has 16 heavy (non-hydrogen) atoms. The molecule has 1 saturated carbocycles. The summed E-state index contributed by atoms with van der Waals surface area (Å²) >= 11 is 7.73. The molecule has 88 valence electrons. The van der Waals surface area contributed by atoms with Crippen LogP contribution in [0.1, 0.15) is 48.6 Å². The van der Waals surface area contributed by atoms with Crippen LogP contribution in [0.25, 0.3) is 0 Å². The first-order valence-corrected chi connectivity index (χ1v) is 7.21. The Morgan fingerprint density at radius 1 is 1.31 bits per heavy atom. The summed E-state index contributed by atoms with van der Waals surface area (Å²) in [6.45, 7) is 0. The summed E-state index contributed by atoms with van der Waals surface area (Å²) in [5.41, 5.74) is 4.60. The van der Waals surface area contributed by atoms with Crippen LogP contribution in [0.2, 0.25) is 4.34 Å². The second-order valence-electron chi connectivity index (χ2n) is 4.66. The van der Waals surface area contributed by atoms with Crippen molar-refractivity contribution < 1.29 is 4.84 Å². The zero-order chi connectivity index (χ0) is 11.0. The van der Waals surface area contributed by atoms with Crippen molar-refractivity contribution in [2.75, 3.05) is 0 Å². The van der Waals surface area contributed by atoms with Gasteiger partial charge < -0.3 is 0 Å². The van der Waals surface area contributed by atoms with Crippen LogP contribution in [0, 0.1) is 0 Å². The Kier molecular flexibility index (Phi) is 3.20. The van der Waals surface area contributed by atoms with Crippen molar-refractivity contribution in [3.63, 3.8) is 0 Å². The number of halogens is 1. The highest BCUT2D eigenvalue weighted by molar-refractivity contribution is 7.16. The van der Waals surface area contributed by atoms with Crippen LogP contribution >= 0.6 is 22.9 Å². The van der Waals surface area contributed by atoms with Crippen molar-refractivity contribution in [1.82, 2.24) is 5.48 Å². The summed E-state index contributed by atoms with van der Waals surface area (Å²) in [5.74, 6) is 0. The third-order valence-electron chi connectivity index (χ3n) is 3.53. The van der Waals surface area contributed by atoms with Gasteiger partial charge in [-0.15, -0.1) is 11.3 Å². The minimum atomic E-state index is 0.361. The molecule has 4 heteroatoms. The highest BCUT2D eigenvalue weighted by Crippen LogP contribution is 2.39. The second kappa shape index (κ2) is 4.65. The molecular formula is C12H16ClNOS. The fourth-order valence-corrected chi connectivity index (χ4v) is 3.99. The summed E-state index contributed by atoms with van der Waals surface area (Å²) in [4.78, 5) is 7.19. The molecule has 0 aromatic carbocycles. The fourth-order valence-electron chi connectivity index (χ4n) is 2.64. The zero-order valence-corrected chi connectivity index (χ0v) is 10.7. The number of hydrogen-bond donors (Lipinski definition) is 1. The van der Waals surface area contributed by atoms with Crippen molar-refractivity contribution in [2.24, 2.45) is 0 Å². The van der Waals surface area contributed by atoms with E-state index in [1.54, 1.807) is 11.3 Å². The number of fused-ring (bicyclic) bond motifs is 1. The molecule has 3 rings (SSSR count). The van der Waals surface area contributed by atoms with Gasteiger partial charge in [-0.3, -0.25) is 4.84 Å². The predicted octanol–water partition coefficient (Wildman–Crippen LogP) is 3.85. The molecule has 0 bridgehead atoms. The van der Waals surface area contributed by atoms with E-state index in [4.69, 9.17) is 16.4 Å². The van der Waals surface area contributed by atoms with Gasteiger partial charge >= 0.3 is 0 Å². The SMILES string of the molecule is Clc1cc2c(s1)CCC2NOC1CCCC1. The van der Waals surface area contributed by atoms with Crippen LogP contribution in [0.15, 0.2) is 6.07 Å². The van der Waals surface area contributed by atoms with Gasteiger partial charge in [0.05, 0.1) is 16.5 Å². The lowest BCUT2D eigenvalue weighted by molar-refractivity contribution is -0.0404. The highest BCUT2D eigenvalue weighted by atomic mass is 35.5. The Morgan fingerprint density at radius 2 is 2.12 bits per heavy atom. The normalized spacial score (nSPS) is 25.2. The maximum Gasteiger partial charge on any atom is 0.0934 e. The lowest BCUT2D eigenvalue weighted by Gasteiger charge is -2.16. The number of hydroxylamine groups is 1. The quantitative estimate of drug-likeness (QED) is 0.831. The van der Waals surface area contributed by atoms with E-state index in [1.165, 1.54) is 36.1 Å². The molecule has 2 aliphatic rings. The molecule has 1 fully saturated rings. The number of aryl methyl sites for hydroxylation is 1. The summed E-state index contributed by atoms with van der Waals surface area (Å²) in [6.07, 6.45) is 7.74. The molecular weight excluding hydrogens is 242 g/mol. The maximum absolute atomic E-state index is 6.02. The molecule has 0 saturated heterocycles. The number of thiophene rings is 1. The molecule has 1 unspecified atom stereocenters. The third kappa shape index (κ3) is 2.14. The van der Waals surface area contributed by atoms with E-state index in [2.05, 4.69) is 11.5 Å². The molecule has 2 aliphatic carbocycles. The fraction of sp³-hybridized carbons (Fsp3) is 0.667. The molecule has 0 aliphatic heterocycles. The van der Waals surface area contributed by atoms with Gasteiger partial charge in [0.15, 0.2) is 0 Å². The Bertz CT molecular complexity index is 373. The third-order valence-corrected chi connectivity index (χ3v) is 4.87. The number of nitrogens with one attached hydrogen (secondary N) is 1. The van der Waals surface area contributed by atoms with Gasteiger partial charge in [-0.2, -0.15) is 5.48 Å². The second-order valence-corrected chi connectivity index (χ2v) is 6.43. The molecule has 0 spiro atoms. The minimum absolute atomic E-state index is 0.361. The number of rotatable bonds is 3. The van der Waals surface area contributed by atoms with E-state index in [1.807, 2.05) is 0 Å². The van der Waals surface area contributed by atoms with Gasteiger partial charge in [0, 0.05) is 4.88 Å². The van der Waals surface area contributed by atoms with Crippen molar-refractivity contribution in [2.45, 2.75) is 50.7 Å². The van der Waals surface area contributed by atoms with E-state index in [0.717, 1.165) is 17.2 Å². The van der Waals surface area contributed by atoms with E-state index >= 15 is 0 Å². The lowest BCUT2D eigenvalue weighted by Crippen LogP contribution is -2.25. The first-order chi connectivity index (χ1) is 7.83. The van der Waals surface area contributed by atoms with E-state index < -0.39 is 0 Å². The Labute approximate surface area is 105 Å². The Morgan fingerprint density at radius 3 is 2.94 bits per heavy atom. The van der Waals surface area contributed by atoms with Gasteiger partial charge in [0.1, 0.15) is 0 Å². The van der Waals surface area contributed by atoms with Crippen LogP contribution in [-0.2, 0) is 11.3 Å². The van der Waals surface area contributed by atoms with Gasteiger partial charge in [-0.05, 0) is 37.3 Å². The average molecular weight is 258 g/mol. The van der Waals surface area contributed by atoms with E-state index in [9.17, 15) is 0 Å². The van der Waals surface area contributed by atoms with Crippen molar-refractivity contribution in [3.05, 3.63) is 20.8 Å². The standard InChI is InChI=1S/C12H16ClNOS/c13-12-7-9-10(5-6-11(9)16-12)14-15-8-3-1-2-4-8/h7-8,10,14H,1-6H2. The lowest BCUT2D eigenvalue weighted by atomic mass is 10.2. The Balaban J connectivity index is 1.59. The monoisotopic (exact) mass is 257 g/mol. The van der Waals surface area contributed by atoms with Crippen LogP contribution in [0.3, 0.4) is 0 Å². The molecule has 0 amide bonds. The molecule has 1 aromatic rings. The van der Waals surface area contributed by atoms with Gasteiger partial charge in [0.25, 0.3) is 0 Å². The summed E-state index contributed by atoms with van der Waals surface area (Å²) in [5, 5.41) is 0. The van der Waals surface area contributed by atoms with Gasteiger partial charge in [0.2, 0.25) is 0 Å². The van der Waals surface area contributed by atoms with E-state index in [0.29, 0.717) is 12.1 Å². The van der Waals surface area contributed by atoms with Crippen LogP contribution in [0.5, 0.6) is 0 Å². The minimum Gasteiger partial charge on any atom is -0.298 e. The van der Waals surface area contributed by atoms with E-state index in [-0.39, 0.29) is 0 Å². The van der Waals surface area contributed by atoms with Crippen LogP contribution in [0.4, 0.5) is 0 Å².